The van der Waals surface area contributed by atoms with E-state index in [0.717, 1.165) is 42.4 Å². The summed E-state index contributed by atoms with van der Waals surface area (Å²) in [7, 11) is 1.61. The van der Waals surface area contributed by atoms with Crippen molar-refractivity contribution in [1.82, 2.24) is 4.37 Å². The van der Waals surface area contributed by atoms with E-state index in [1.54, 1.807) is 19.4 Å². The zero-order valence-corrected chi connectivity index (χ0v) is 17.8. The van der Waals surface area contributed by atoms with E-state index in [2.05, 4.69) is 14.6 Å². The monoisotopic (exact) mass is 441 g/mol. The first kappa shape index (κ1) is 22.3. The second kappa shape index (κ2) is 11.1. The number of hydrogen-bond donors (Lipinski definition) is 2. The molecule has 0 atom stereocenters. The van der Waals surface area contributed by atoms with Gasteiger partial charge in [0.25, 0.3) is 12.4 Å². The van der Waals surface area contributed by atoms with Crippen molar-refractivity contribution in [2.24, 2.45) is 0 Å². The number of hydrogen-bond acceptors (Lipinski definition) is 7. The van der Waals surface area contributed by atoms with E-state index >= 15 is 0 Å². The van der Waals surface area contributed by atoms with Crippen molar-refractivity contribution in [2.75, 3.05) is 43.6 Å². The van der Waals surface area contributed by atoms with Gasteiger partial charge in [0.2, 0.25) is 0 Å². The number of carboxylic acid groups (broad SMARTS) is 1. The number of nitrogens with one attached hydrogen (secondary N) is 1. The van der Waals surface area contributed by atoms with E-state index in [1.165, 1.54) is 11.5 Å². The van der Waals surface area contributed by atoms with Gasteiger partial charge in [-0.15, -0.1) is 0 Å². The number of morpholine rings is 1. The van der Waals surface area contributed by atoms with Crippen LogP contribution in [-0.4, -0.2) is 55.3 Å². The van der Waals surface area contributed by atoms with Gasteiger partial charge >= 0.3 is 0 Å². The largest absolute Gasteiger partial charge is 0.494 e. The molecule has 0 unspecified atom stereocenters. The van der Waals surface area contributed by atoms with Gasteiger partial charge in [0, 0.05) is 36.6 Å². The minimum atomic E-state index is -0.250. The Bertz CT molecular complexity index is 1000. The maximum absolute atomic E-state index is 12.8. The highest BCUT2D eigenvalue weighted by Gasteiger charge is 2.15. The first-order valence-corrected chi connectivity index (χ1v) is 10.3. The predicted molar refractivity (Wildman–Crippen MR) is 120 cm³/mol. The number of methoxy groups -OCH3 is 1. The number of nitrogens with zero attached hydrogens (tertiary/aromatic N) is 2. The van der Waals surface area contributed by atoms with Crippen LogP contribution in [0.15, 0.2) is 54.7 Å². The van der Waals surface area contributed by atoms with Gasteiger partial charge in [0.15, 0.2) is 0 Å². The van der Waals surface area contributed by atoms with E-state index in [-0.39, 0.29) is 12.4 Å². The second-order valence-corrected chi connectivity index (χ2v) is 7.33. The van der Waals surface area contributed by atoms with Crippen LogP contribution in [0, 0.1) is 0 Å². The van der Waals surface area contributed by atoms with Gasteiger partial charge < -0.3 is 24.8 Å². The van der Waals surface area contributed by atoms with Gasteiger partial charge in [-0.05, 0) is 47.4 Å². The van der Waals surface area contributed by atoms with Crippen LogP contribution < -0.4 is 15.0 Å². The third-order valence-electron chi connectivity index (χ3n) is 4.66. The molecule has 0 saturated carbocycles. The normalized spacial score (nSPS) is 13.0. The molecule has 2 N–H and O–H groups in total. The number of anilines is 2. The summed E-state index contributed by atoms with van der Waals surface area (Å²) in [5.41, 5.74) is 3.27. The molecule has 2 aromatic carbocycles. The first-order chi connectivity index (χ1) is 15.2. The fourth-order valence-corrected chi connectivity index (χ4v) is 3.76. The molecule has 1 fully saturated rings. The zero-order valence-electron chi connectivity index (χ0n) is 17.0. The van der Waals surface area contributed by atoms with Crippen LogP contribution in [0.25, 0.3) is 10.4 Å². The minimum absolute atomic E-state index is 0.177. The molecule has 1 saturated heterocycles. The van der Waals surface area contributed by atoms with E-state index in [1.807, 2.05) is 42.5 Å². The summed E-state index contributed by atoms with van der Waals surface area (Å²) in [6.07, 6.45) is 1.76. The molecule has 8 nitrogen and oxygen atoms in total. The van der Waals surface area contributed by atoms with Gasteiger partial charge in [0.05, 0.1) is 30.9 Å². The quantitative estimate of drug-likeness (QED) is 0.583. The summed E-state index contributed by atoms with van der Waals surface area (Å²) in [6.45, 7) is 2.88. The number of amides is 1. The Morgan fingerprint density at radius 2 is 2.00 bits per heavy atom. The van der Waals surface area contributed by atoms with Crippen molar-refractivity contribution in [3.8, 4) is 16.2 Å². The molecule has 1 aliphatic rings. The molecule has 4 rings (SSSR count). The van der Waals surface area contributed by atoms with Gasteiger partial charge in [-0.1, -0.05) is 12.1 Å². The van der Waals surface area contributed by atoms with Gasteiger partial charge in [-0.3, -0.25) is 9.59 Å². The Kier molecular flexibility index (Phi) is 7.97. The summed E-state index contributed by atoms with van der Waals surface area (Å²) in [6, 6.07) is 15.3. The molecule has 1 aromatic heterocycles. The molecule has 0 bridgehead atoms. The standard InChI is InChI=1S/C21H21N3O3S.CH2O2/c1-26-19-14-17(24-9-11-27-12-10-24)5-6-18(19)23-21(25)16-4-2-3-15(13-16)20-7-8-22-28-20;2-1-3/h2-8,13-14H,9-12H2,1H3,(H,23,25);1H,(H,2,3). The van der Waals surface area contributed by atoms with Crippen LogP contribution in [0.4, 0.5) is 11.4 Å². The van der Waals surface area contributed by atoms with Gasteiger partial charge in [-0.25, -0.2) is 4.37 Å². The highest BCUT2D eigenvalue weighted by atomic mass is 32.1. The molecule has 1 aliphatic heterocycles. The third-order valence-corrected chi connectivity index (χ3v) is 5.45. The molecule has 0 spiro atoms. The van der Waals surface area contributed by atoms with Crippen LogP contribution in [0.2, 0.25) is 0 Å². The number of carbonyl (C=O) groups excluding carboxylic acids is 1. The summed E-state index contributed by atoms with van der Waals surface area (Å²) in [5.74, 6) is 0.458. The Morgan fingerprint density at radius 1 is 1.23 bits per heavy atom. The Balaban J connectivity index is 0.000000858. The fraction of sp³-hybridized carbons (Fsp3) is 0.227. The summed E-state index contributed by atoms with van der Waals surface area (Å²) in [5, 5.41) is 9.85. The van der Waals surface area contributed by atoms with Crippen LogP contribution in [0.5, 0.6) is 5.75 Å². The van der Waals surface area contributed by atoms with Crippen molar-refractivity contribution in [1.29, 1.82) is 0 Å². The topological polar surface area (TPSA) is 101 Å². The number of carbonyl (C=O) groups is 2. The molecule has 31 heavy (non-hydrogen) atoms. The molecule has 3 aromatic rings. The van der Waals surface area contributed by atoms with Crippen molar-refractivity contribution >= 4 is 35.3 Å². The van der Waals surface area contributed by atoms with Crippen molar-refractivity contribution in [2.45, 2.75) is 0 Å². The van der Waals surface area contributed by atoms with Crippen LogP contribution in [0.1, 0.15) is 10.4 Å². The number of ether oxygens (including phenoxy) is 2. The van der Waals surface area contributed by atoms with Crippen molar-refractivity contribution in [3.63, 3.8) is 0 Å². The lowest BCUT2D eigenvalue weighted by Crippen LogP contribution is -2.36. The van der Waals surface area contributed by atoms with Crippen LogP contribution >= 0.6 is 11.5 Å². The highest BCUT2D eigenvalue weighted by molar-refractivity contribution is 7.09. The number of benzene rings is 2. The van der Waals surface area contributed by atoms with Crippen molar-refractivity contribution < 1.29 is 24.2 Å². The fourth-order valence-electron chi connectivity index (χ4n) is 3.17. The Morgan fingerprint density at radius 3 is 2.68 bits per heavy atom. The molecule has 0 radical (unpaired) electrons. The Labute approximate surface area is 184 Å². The lowest BCUT2D eigenvalue weighted by atomic mass is 10.1. The highest BCUT2D eigenvalue weighted by Crippen LogP contribution is 2.31. The molecule has 1 amide bonds. The van der Waals surface area contributed by atoms with E-state index in [4.69, 9.17) is 19.4 Å². The minimum Gasteiger partial charge on any atom is -0.494 e. The van der Waals surface area contributed by atoms with Crippen molar-refractivity contribution in [3.05, 3.63) is 60.3 Å². The number of rotatable bonds is 5. The average Bonchev–Trinajstić information content (AvgIpc) is 3.36. The van der Waals surface area contributed by atoms with Gasteiger partial charge in [0.1, 0.15) is 5.75 Å². The molecular weight excluding hydrogens is 418 g/mol. The molecule has 0 aliphatic carbocycles. The maximum atomic E-state index is 12.8. The molecular formula is C22H23N3O5S. The van der Waals surface area contributed by atoms with E-state index < -0.39 is 0 Å². The van der Waals surface area contributed by atoms with E-state index in [0.29, 0.717) is 17.0 Å². The summed E-state index contributed by atoms with van der Waals surface area (Å²) in [4.78, 5) is 24.4. The van der Waals surface area contributed by atoms with Crippen LogP contribution in [0.3, 0.4) is 0 Å². The first-order valence-electron chi connectivity index (χ1n) is 9.57. The summed E-state index contributed by atoms with van der Waals surface area (Å²) < 4.78 is 15.0. The smallest absolute Gasteiger partial charge is 0.290 e. The molecule has 9 heteroatoms. The lowest BCUT2D eigenvalue weighted by Gasteiger charge is -2.29. The number of aromatic nitrogens is 1. The molecule has 2 heterocycles. The zero-order chi connectivity index (χ0) is 22.1. The third kappa shape index (κ3) is 5.80. The lowest BCUT2D eigenvalue weighted by molar-refractivity contribution is -0.122. The maximum Gasteiger partial charge on any atom is 0.290 e. The van der Waals surface area contributed by atoms with Gasteiger partial charge in [-0.2, -0.15) is 0 Å². The summed E-state index contributed by atoms with van der Waals surface area (Å²) >= 11 is 1.41. The predicted octanol–water partition coefficient (Wildman–Crippen LogP) is 3.61. The van der Waals surface area contributed by atoms with Crippen LogP contribution in [-0.2, 0) is 9.53 Å². The Hall–Kier alpha value is -3.43. The SMILES string of the molecule is COc1cc(N2CCOCC2)ccc1NC(=O)c1cccc(-c2ccns2)c1.O=CO. The molecule has 162 valence electrons. The average molecular weight is 442 g/mol. The second-order valence-electron chi connectivity index (χ2n) is 6.50. The van der Waals surface area contributed by atoms with E-state index in [9.17, 15) is 4.79 Å².